The van der Waals surface area contributed by atoms with Gasteiger partial charge in [0.05, 0.1) is 5.92 Å². The number of carbonyl (C=O) groups excluding carboxylic acids is 2. The molecule has 1 aromatic rings. The maximum Gasteiger partial charge on any atom is 0.326 e. The number of aliphatic carboxylic acids is 1. The van der Waals surface area contributed by atoms with Gasteiger partial charge in [-0.2, -0.15) is 0 Å². The first kappa shape index (κ1) is 25.7. The lowest BCUT2D eigenvalue weighted by atomic mass is 9.91. The van der Waals surface area contributed by atoms with Crippen molar-refractivity contribution in [1.29, 1.82) is 0 Å². The Morgan fingerprint density at radius 2 is 1.63 bits per heavy atom. The van der Waals surface area contributed by atoms with Gasteiger partial charge in [0.1, 0.15) is 12.1 Å². The lowest BCUT2D eigenvalue weighted by molar-refractivity contribution is -0.142. The predicted octanol–water partition coefficient (Wildman–Crippen LogP) is 2.07. The zero-order valence-corrected chi connectivity index (χ0v) is 18.7. The van der Waals surface area contributed by atoms with Crippen molar-refractivity contribution in [2.24, 2.45) is 17.6 Å². The van der Waals surface area contributed by atoms with Crippen LogP contribution in [0.15, 0.2) is 30.3 Å². The molecule has 0 aliphatic carbocycles. The Morgan fingerprint density at radius 3 is 2.13 bits per heavy atom. The molecule has 1 rings (SSSR count). The van der Waals surface area contributed by atoms with Crippen molar-refractivity contribution in [1.82, 2.24) is 10.6 Å². The Labute approximate surface area is 183 Å². The van der Waals surface area contributed by atoms with E-state index in [1.807, 2.05) is 32.0 Å². The molecule has 8 heteroatoms. The summed E-state index contributed by atoms with van der Waals surface area (Å²) in [4.78, 5) is 37.9. The maximum atomic E-state index is 12.9. The molecule has 30 heavy (non-hydrogen) atoms. The Balaban J connectivity index is 2.93. The number of carbonyl (C=O) groups is 3. The highest BCUT2D eigenvalue weighted by molar-refractivity contribution is 7.80. The molecule has 0 saturated heterocycles. The molecule has 0 spiro atoms. The van der Waals surface area contributed by atoms with Gasteiger partial charge in [-0.15, -0.1) is 0 Å². The second-order valence-electron chi connectivity index (χ2n) is 7.77. The molecule has 1 unspecified atom stereocenters. The predicted molar refractivity (Wildman–Crippen MR) is 121 cm³/mol. The first-order chi connectivity index (χ1) is 14.2. The number of nitrogens with one attached hydrogen (secondary N) is 2. The molecule has 0 radical (unpaired) electrons. The minimum Gasteiger partial charge on any atom is -0.480 e. The average Bonchev–Trinajstić information content (AvgIpc) is 2.66. The number of thiocarbonyl (C=S) groups is 1. The van der Waals surface area contributed by atoms with Crippen LogP contribution in [-0.2, 0) is 20.8 Å². The fourth-order valence-electron chi connectivity index (χ4n) is 3.30. The third-order valence-electron chi connectivity index (χ3n) is 4.86. The highest BCUT2D eigenvalue weighted by Gasteiger charge is 2.30. The molecule has 166 valence electrons. The van der Waals surface area contributed by atoms with Gasteiger partial charge in [-0.3, -0.25) is 9.59 Å². The molecule has 0 bridgehead atoms. The van der Waals surface area contributed by atoms with Gasteiger partial charge < -0.3 is 21.5 Å². The normalized spacial score (nSPS) is 13.9. The lowest BCUT2D eigenvalue weighted by Crippen LogP contribution is -2.54. The maximum absolute atomic E-state index is 12.9. The standard InChI is InChI=1S/C22H33N3O4S/c1-14(2)19(15(3)30)21(27)24-17(11-7-8-12-23)20(26)25-18(22(28)29)13-16-9-5-4-6-10-16/h4-6,9-10,14,17-19H,7-8,11-13,23H2,1-3H3,(H,24,27)(H,25,26)(H,28,29)/t17-,18-,19?/m0/s1. The molecule has 0 fully saturated rings. The van der Waals surface area contributed by atoms with Crippen LogP contribution in [0.25, 0.3) is 0 Å². The van der Waals surface area contributed by atoms with Crippen molar-refractivity contribution in [3.63, 3.8) is 0 Å². The first-order valence-corrected chi connectivity index (χ1v) is 10.7. The molecule has 0 saturated carbocycles. The van der Waals surface area contributed by atoms with E-state index < -0.39 is 29.9 Å². The highest BCUT2D eigenvalue weighted by Crippen LogP contribution is 2.15. The molecule has 0 aliphatic heterocycles. The SMILES string of the molecule is CC(=S)C(C(=O)N[C@@H](CCCCN)C(=O)N[C@@H](Cc1ccccc1)C(=O)O)C(C)C. The van der Waals surface area contributed by atoms with Crippen LogP contribution in [-0.4, -0.2) is 46.4 Å². The first-order valence-electron chi connectivity index (χ1n) is 10.2. The van der Waals surface area contributed by atoms with Gasteiger partial charge in [-0.25, -0.2) is 4.79 Å². The fourth-order valence-corrected chi connectivity index (χ4v) is 3.68. The summed E-state index contributed by atoms with van der Waals surface area (Å²) in [5, 5.41) is 14.9. The molecule has 3 atom stereocenters. The van der Waals surface area contributed by atoms with Crippen molar-refractivity contribution in [3.05, 3.63) is 35.9 Å². The summed E-state index contributed by atoms with van der Waals surface area (Å²) in [6, 6.07) is 7.12. The van der Waals surface area contributed by atoms with Crippen molar-refractivity contribution >= 4 is 34.9 Å². The minimum absolute atomic E-state index is 0.0138. The molecule has 5 N–H and O–H groups in total. The summed E-state index contributed by atoms with van der Waals surface area (Å²) in [5.74, 6) is -2.48. The van der Waals surface area contributed by atoms with Crippen molar-refractivity contribution in [2.45, 2.75) is 58.5 Å². The van der Waals surface area contributed by atoms with Crippen LogP contribution in [0, 0.1) is 11.8 Å². The van der Waals surface area contributed by atoms with Gasteiger partial charge in [0.15, 0.2) is 0 Å². The number of unbranched alkanes of at least 4 members (excludes halogenated alkanes) is 1. The minimum atomic E-state index is -1.13. The number of carboxylic acids is 1. The van der Waals surface area contributed by atoms with E-state index in [0.29, 0.717) is 30.7 Å². The van der Waals surface area contributed by atoms with Crippen molar-refractivity contribution in [2.75, 3.05) is 6.54 Å². The monoisotopic (exact) mass is 435 g/mol. The van der Waals surface area contributed by atoms with E-state index in [1.165, 1.54) is 0 Å². The van der Waals surface area contributed by atoms with Gasteiger partial charge in [0.2, 0.25) is 11.8 Å². The summed E-state index contributed by atoms with van der Waals surface area (Å²) in [6.45, 7) is 5.97. The smallest absolute Gasteiger partial charge is 0.326 e. The Hall–Kier alpha value is -2.32. The lowest BCUT2D eigenvalue weighted by Gasteiger charge is -2.25. The van der Waals surface area contributed by atoms with E-state index in [-0.39, 0.29) is 18.2 Å². The second-order valence-corrected chi connectivity index (χ2v) is 8.41. The quantitative estimate of drug-likeness (QED) is 0.278. The number of nitrogens with two attached hydrogens (primary N) is 1. The van der Waals surface area contributed by atoms with Crippen molar-refractivity contribution in [3.8, 4) is 0 Å². The number of amides is 2. The molecule has 2 amide bonds. The number of carboxylic acid groups (broad SMARTS) is 1. The molecule has 1 aromatic carbocycles. The molecule has 7 nitrogen and oxygen atoms in total. The van der Waals surface area contributed by atoms with Crippen LogP contribution in [0.5, 0.6) is 0 Å². The van der Waals surface area contributed by atoms with Crippen LogP contribution in [0.3, 0.4) is 0 Å². The Morgan fingerprint density at radius 1 is 1.03 bits per heavy atom. The largest absolute Gasteiger partial charge is 0.480 e. The zero-order valence-electron chi connectivity index (χ0n) is 17.9. The average molecular weight is 436 g/mol. The van der Waals surface area contributed by atoms with Crippen LogP contribution >= 0.6 is 12.2 Å². The van der Waals surface area contributed by atoms with Gasteiger partial charge in [-0.05, 0) is 44.2 Å². The van der Waals surface area contributed by atoms with E-state index in [4.69, 9.17) is 18.0 Å². The third-order valence-corrected chi connectivity index (χ3v) is 5.12. The van der Waals surface area contributed by atoms with E-state index in [1.54, 1.807) is 19.1 Å². The van der Waals surface area contributed by atoms with Gasteiger partial charge in [-0.1, -0.05) is 56.4 Å². The van der Waals surface area contributed by atoms with Gasteiger partial charge in [0.25, 0.3) is 0 Å². The van der Waals surface area contributed by atoms with Gasteiger partial charge >= 0.3 is 5.97 Å². The van der Waals surface area contributed by atoms with Crippen molar-refractivity contribution < 1.29 is 19.5 Å². The molecular weight excluding hydrogens is 402 g/mol. The van der Waals surface area contributed by atoms with Crippen LogP contribution < -0.4 is 16.4 Å². The molecule has 0 heterocycles. The molecule has 0 aliphatic rings. The molecular formula is C22H33N3O4S. The summed E-state index contributed by atoms with van der Waals surface area (Å²) >= 11 is 5.22. The Bertz CT molecular complexity index is 724. The number of rotatable bonds is 13. The van der Waals surface area contributed by atoms with E-state index in [9.17, 15) is 19.5 Å². The number of hydrogen-bond acceptors (Lipinski definition) is 5. The van der Waals surface area contributed by atoms with E-state index in [0.717, 1.165) is 5.56 Å². The van der Waals surface area contributed by atoms with Crippen LogP contribution in [0.4, 0.5) is 0 Å². The summed E-state index contributed by atoms with van der Waals surface area (Å²) in [7, 11) is 0. The van der Waals surface area contributed by atoms with Gasteiger partial charge in [0, 0.05) is 11.3 Å². The topological polar surface area (TPSA) is 122 Å². The fraction of sp³-hybridized carbons (Fsp3) is 0.545. The van der Waals surface area contributed by atoms with Crippen LogP contribution in [0.2, 0.25) is 0 Å². The summed E-state index contributed by atoms with van der Waals surface area (Å²) < 4.78 is 0. The van der Waals surface area contributed by atoms with E-state index >= 15 is 0 Å². The third kappa shape index (κ3) is 8.59. The van der Waals surface area contributed by atoms with E-state index in [2.05, 4.69) is 10.6 Å². The zero-order chi connectivity index (χ0) is 22.7. The highest BCUT2D eigenvalue weighted by atomic mass is 32.1. The van der Waals surface area contributed by atoms with Crippen LogP contribution in [0.1, 0.15) is 45.6 Å². The second kappa shape index (κ2) is 13.1. The summed E-state index contributed by atoms with van der Waals surface area (Å²) in [6.07, 6.45) is 1.85. The molecule has 0 aromatic heterocycles. The summed E-state index contributed by atoms with van der Waals surface area (Å²) in [5.41, 5.74) is 6.34. The Kier molecular flexibility index (Phi) is 11.2. The number of hydrogen-bond donors (Lipinski definition) is 4. The number of benzene rings is 1.